The van der Waals surface area contributed by atoms with Crippen molar-refractivity contribution in [2.45, 2.75) is 58.9 Å². The SMILES string of the molecule is COc1c(C)c(-c2ccc(NC3CCCCC3)cc2)c(OC)c(C)c1/C=C(\C)C(=O)NC#N. The Bertz CT molecular complexity index is 1080. The zero-order chi connectivity index (χ0) is 24.0. The van der Waals surface area contributed by atoms with Gasteiger partial charge in [-0.2, -0.15) is 5.26 Å². The fraction of sp³-hybridized carbons (Fsp3) is 0.407. The average Bonchev–Trinajstić information content (AvgIpc) is 2.82. The highest BCUT2D eigenvalue weighted by Gasteiger charge is 2.22. The van der Waals surface area contributed by atoms with Crippen LogP contribution in [0.4, 0.5) is 5.69 Å². The van der Waals surface area contributed by atoms with Crippen molar-refractivity contribution in [2.24, 2.45) is 0 Å². The maximum absolute atomic E-state index is 12.1. The second kappa shape index (κ2) is 10.9. The summed E-state index contributed by atoms with van der Waals surface area (Å²) in [7, 11) is 3.27. The third-order valence-electron chi connectivity index (χ3n) is 6.38. The predicted molar refractivity (Wildman–Crippen MR) is 132 cm³/mol. The Morgan fingerprint density at radius 2 is 1.67 bits per heavy atom. The van der Waals surface area contributed by atoms with E-state index in [1.54, 1.807) is 33.4 Å². The van der Waals surface area contributed by atoms with Gasteiger partial charge in [-0.15, -0.1) is 0 Å². The fourth-order valence-corrected chi connectivity index (χ4v) is 4.65. The van der Waals surface area contributed by atoms with Crippen LogP contribution in [-0.4, -0.2) is 26.2 Å². The largest absolute Gasteiger partial charge is 0.496 e. The van der Waals surface area contributed by atoms with E-state index in [2.05, 4.69) is 34.9 Å². The Morgan fingerprint density at radius 3 is 2.24 bits per heavy atom. The molecule has 1 aliphatic rings. The fourth-order valence-electron chi connectivity index (χ4n) is 4.65. The summed E-state index contributed by atoms with van der Waals surface area (Å²) in [5.74, 6) is 0.971. The van der Waals surface area contributed by atoms with E-state index in [1.165, 1.54) is 32.1 Å². The molecule has 2 aromatic rings. The van der Waals surface area contributed by atoms with Crippen molar-refractivity contribution in [3.63, 3.8) is 0 Å². The molecule has 6 nitrogen and oxygen atoms in total. The average molecular weight is 448 g/mol. The van der Waals surface area contributed by atoms with Crippen LogP contribution in [0.1, 0.15) is 55.7 Å². The summed E-state index contributed by atoms with van der Waals surface area (Å²) in [6, 6.07) is 9.01. The van der Waals surface area contributed by atoms with Gasteiger partial charge in [0.15, 0.2) is 6.19 Å². The van der Waals surface area contributed by atoms with Gasteiger partial charge in [-0.25, -0.2) is 0 Å². The van der Waals surface area contributed by atoms with Gasteiger partial charge in [0, 0.05) is 39.6 Å². The monoisotopic (exact) mass is 447 g/mol. The number of ether oxygens (including phenoxy) is 2. The number of methoxy groups -OCH3 is 2. The highest BCUT2D eigenvalue weighted by Crippen LogP contribution is 2.45. The van der Waals surface area contributed by atoms with Crippen LogP contribution in [0.5, 0.6) is 11.5 Å². The summed E-state index contributed by atoms with van der Waals surface area (Å²) in [5, 5.41) is 14.6. The van der Waals surface area contributed by atoms with Crippen LogP contribution in [-0.2, 0) is 4.79 Å². The molecule has 1 saturated carbocycles. The Balaban J connectivity index is 2.02. The van der Waals surface area contributed by atoms with Crippen molar-refractivity contribution in [1.29, 1.82) is 5.26 Å². The van der Waals surface area contributed by atoms with Crippen LogP contribution in [0.3, 0.4) is 0 Å². The third kappa shape index (κ3) is 5.31. The first-order valence-electron chi connectivity index (χ1n) is 11.4. The number of rotatable bonds is 7. The number of carbonyl (C=O) groups is 1. The van der Waals surface area contributed by atoms with Crippen LogP contribution in [0.2, 0.25) is 0 Å². The molecule has 2 aromatic carbocycles. The molecule has 0 atom stereocenters. The molecule has 2 N–H and O–H groups in total. The van der Waals surface area contributed by atoms with E-state index in [4.69, 9.17) is 14.7 Å². The minimum Gasteiger partial charge on any atom is -0.496 e. The van der Waals surface area contributed by atoms with Crippen molar-refractivity contribution < 1.29 is 14.3 Å². The molecule has 1 fully saturated rings. The summed E-state index contributed by atoms with van der Waals surface area (Å²) < 4.78 is 11.6. The Morgan fingerprint density at radius 1 is 1.03 bits per heavy atom. The smallest absolute Gasteiger partial charge is 0.259 e. The van der Waals surface area contributed by atoms with Crippen LogP contribution >= 0.6 is 0 Å². The number of nitrogens with zero attached hydrogens (tertiary/aromatic N) is 1. The molecule has 0 spiro atoms. The van der Waals surface area contributed by atoms with Gasteiger partial charge in [0.25, 0.3) is 5.91 Å². The summed E-state index contributed by atoms with van der Waals surface area (Å²) in [6.07, 6.45) is 9.79. The van der Waals surface area contributed by atoms with E-state index in [0.717, 1.165) is 39.3 Å². The van der Waals surface area contributed by atoms with Gasteiger partial charge >= 0.3 is 0 Å². The van der Waals surface area contributed by atoms with Gasteiger partial charge in [-0.1, -0.05) is 31.4 Å². The minimum atomic E-state index is -0.444. The zero-order valence-corrected chi connectivity index (χ0v) is 20.2. The highest BCUT2D eigenvalue weighted by atomic mass is 16.5. The van der Waals surface area contributed by atoms with Gasteiger partial charge in [-0.05, 0) is 57.4 Å². The first kappa shape index (κ1) is 24.2. The number of benzene rings is 2. The first-order valence-corrected chi connectivity index (χ1v) is 11.4. The van der Waals surface area contributed by atoms with Crippen LogP contribution < -0.4 is 20.1 Å². The Hall–Kier alpha value is -3.46. The molecular formula is C27H33N3O3. The van der Waals surface area contributed by atoms with Crippen molar-refractivity contribution in [3.8, 4) is 28.8 Å². The number of nitriles is 1. The maximum Gasteiger partial charge on any atom is 0.259 e. The van der Waals surface area contributed by atoms with E-state index < -0.39 is 5.91 Å². The quantitative estimate of drug-likeness (QED) is 0.322. The molecule has 0 aliphatic heterocycles. The molecule has 0 aromatic heterocycles. The maximum atomic E-state index is 12.1. The molecule has 0 heterocycles. The lowest BCUT2D eigenvalue weighted by molar-refractivity contribution is -0.116. The van der Waals surface area contributed by atoms with Crippen molar-refractivity contribution in [3.05, 3.63) is 46.5 Å². The Labute approximate surface area is 196 Å². The molecule has 0 bridgehead atoms. The topological polar surface area (TPSA) is 83.4 Å². The number of anilines is 1. The van der Waals surface area contributed by atoms with E-state index in [0.29, 0.717) is 17.4 Å². The Kier molecular flexibility index (Phi) is 8.00. The first-order chi connectivity index (χ1) is 15.9. The summed E-state index contributed by atoms with van der Waals surface area (Å²) >= 11 is 0. The number of hydrogen-bond donors (Lipinski definition) is 2. The van der Waals surface area contributed by atoms with Gasteiger partial charge in [0.05, 0.1) is 14.2 Å². The van der Waals surface area contributed by atoms with E-state index >= 15 is 0 Å². The lowest BCUT2D eigenvalue weighted by Crippen LogP contribution is -2.22. The van der Waals surface area contributed by atoms with E-state index in [-0.39, 0.29) is 0 Å². The molecule has 1 aliphatic carbocycles. The third-order valence-corrected chi connectivity index (χ3v) is 6.38. The van der Waals surface area contributed by atoms with E-state index in [9.17, 15) is 4.79 Å². The van der Waals surface area contributed by atoms with Gasteiger partial charge < -0.3 is 14.8 Å². The lowest BCUT2D eigenvalue weighted by Gasteiger charge is -2.24. The van der Waals surface area contributed by atoms with Gasteiger partial charge in [0.1, 0.15) is 11.5 Å². The molecule has 6 heteroatoms. The highest BCUT2D eigenvalue weighted by molar-refractivity contribution is 5.99. The normalized spacial score (nSPS) is 14.4. The molecule has 1 amide bonds. The second-order valence-corrected chi connectivity index (χ2v) is 8.56. The van der Waals surface area contributed by atoms with Crippen molar-refractivity contribution in [2.75, 3.05) is 19.5 Å². The van der Waals surface area contributed by atoms with Gasteiger partial charge in [-0.3, -0.25) is 10.1 Å². The van der Waals surface area contributed by atoms with Crippen molar-refractivity contribution >= 4 is 17.7 Å². The molecule has 3 rings (SSSR count). The predicted octanol–water partition coefficient (Wildman–Crippen LogP) is 5.73. The van der Waals surface area contributed by atoms with E-state index in [1.807, 2.05) is 13.8 Å². The minimum absolute atomic E-state index is 0.408. The molecule has 174 valence electrons. The molecule has 0 unspecified atom stereocenters. The van der Waals surface area contributed by atoms with Crippen LogP contribution in [0, 0.1) is 25.3 Å². The molecule has 0 radical (unpaired) electrons. The summed E-state index contributed by atoms with van der Waals surface area (Å²) in [5.41, 5.74) is 6.09. The number of amides is 1. The lowest BCUT2D eigenvalue weighted by atomic mass is 9.91. The number of nitrogens with one attached hydrogen (secondary N) is 2. The number of carbonyl (C=O) groups excluding carboxylic acids is 1. The standard InChI is InChI=1S/C27H33N3O3/c1-17(27(31)29-16-28)15-23-18(2)26(33-5)24(19(3)25(23)32-4)20-11-13-22(14-12-20)30-21-9-7-6-8-10-21/h11-15,21,30H,6-10H2,1-5H3,(H,29,31)/b17-15+. The molecular weight excluding hydrogens is 414 g/mol. The van der Waals surface area contributed by atoms with Crippen molar-refractivity contribution in [1.82, 2.24) is 5.32 Å². The number of hydrogen-bond acceptors (Lipinski definition) is 5. The zero-order valence-electron chi connectivity index (χ0n) is 20.2. The molecule has 0 saturated heterocycles. The molecule has 33 heavy (non-hydrogen) atoms. The van der Waals surface area contributed by atoms with Crippen LogP contribution in [0.25, 0.3) is 17.2 Å². The summed E-state index contributed by atoms with van der Waals surface area (Å²) in [4.78, 5) is 12.1. The van der Waals surface area contributed by atoms with Crippen LogP contribution in [0.15, 0.2) is 29.8 Å². The van der Waals surface area contributed by atoms with Gasteiger partial charge in [0.2, 0.25) is 0 Å². The second-order valence-electron chi connectivity index (χ2n) is 8.56. The summed E-state index contributed by atoms with van der Waals surface area (Å²) in [6.45, 7) is 5.61.